The van der Waals surface area contributed by atoms with E-state index in [0.29, 0.717) is 0 Å². The number of non-ortho nitro benzene ring substituents is 1. The highest BCUT2D eigenvalue weighted by molar-refractivity contribution is 6.21. The van der Waals surface area contributed by atoms with Gasteiger partial charge in [-0.3, -0.25) is 14.9 Å². The van der Waals surface area contributed by atoms with Crippen molar-refractivity contribution in [3.05, 3.63) is 39.7 Å². The summed E-state index contributed by atoms with van der Waals surface area (Å²) < 4.78 is 17.9. The quantitative estimate of drug-likeness (QED) is 0.491. The number of hydrogen-bond donors (Lipinski definition) is 1. The second kappa shape index (κ2) is 7.01. The Labute approximate surface area is 113 Å². The molecule has 1 unspecified atom stereocenters. The third kappa shape index (κ3) is 4.80. The molecule has 104 valence electrons. The van der Waals surface area contributed by atoms with E-state index in [1.165, 1.54) is 7.11 Å². The fourth-order valence-corrected chi connectivity index (χ4v) is 1.56. The van der Waals surface area contributed by atoms with E-state index in [-0.39, 0.29) is 18.7 Å². The molecule has 19 heavy (non-hydrogen) atoms. The number of methoxy groups -OCH3 is 1. The van der Waals surface area contributed by atoms with Gasteiger partial charge in [0.2, 0.25) is 0 Å². The lowest BCUT2D eigenvalue weighted by Crippen LogP contribution is -2.31. The molecule has 0 bridgehead atoms. The third-order valence-corrected chi connectivity index (χ3v) is 2.47. The first-order chi connectivity index (χ1) is 8.93. The van der Waals surface area contributed by atoms with Gasteiger partial charge < -0.3 is 10.1 Å². The lowest BCUT2D eigenvalue weighted by atomic mass is 10.2. The van der Waals surface area contributed by atoms with Crippen molar-refractivity contribution >= 4 is 23.2 Å². The molecule has 1 atom stereocenters. The van der Waals surface area contributed by atoms with Gasteiger partial charge >= 0.3 is 0 Å². The Balaban J connectivity index is 2.74. The average Bonchev–Trinajstić information content (AvgIpc) is 2.35. The predicted molar refractivity (Wildman–Crippen MR) is 66.9 cm³/mol. The molecule has 0 aliphatic carbocycles. The first-order valence-corrected chi connectivity index (χ1v) is 5.74. The summed E-state index contributed by atoms with van der Waals surface area (Å²) in [5, 5.41) is 12.6. The van der Waals surface area contributed by atoms with Gasteiger partial charge in [0.25, 0.3) is 11.6 Å². The topological polar surface area (TPSA) is 81.5 Å². The van der Waals surface area contributed by atoms with Crippen LogP contribution in [0.5, 0.6) is 0 Å². The molecule has 1 N–H and O–H groups in total. The zero-order valence-electron chi connectivity index (χ0n) is 10.1. The van der Waals surface area contributed by atoms with Crippen LogP contribution in [0, 0.1) is 15.9 Å². The maximum Gasteiger partial charge on any atom is 0.273 e. The molecule has 0 radical (unpaired) electrons. The maximum absolute atomic E-state index is 13.1. The van der Waals surface area contributed by atoms with Gasteiger partial charge in [-0.1, -0.05) is 0 Å². The normalized spacial score (nSPS) is 11.9. The number of rotatable bonds is 6. The van der Waals surface area contributed by atoms with E-state index in [0.717, 1.165) is 18.2 Å². The Kier molecular flexibility index (Phi) is 5.65. The molecule has 1 aromatic rings. The number of nitro benzene ring substituents is 1. The first kappa shape index (κ1) is 15.3. The largest absolute Gasteiger partial charge is 0.383 e. The smallest absolute Gasteiger partial charge is 0.273 e. The Hall–Kier alpha value is -1.73. The van der Waals surface area contributed by atoms with E-state index in [9.17, 15) is 19.3 Å². The lowest BCUT2D eigenvalue weighted by Gasteiger charge is -2.09. The molecular formula is C11H12ClFN2O4. The van der Waals surface area contributed by atoms with Gasteiger partial charge in [-0.25, -0.2) is 4.39 Å². The second-order valence-corrected chi connectivity index (χ2v) is 4.34. The van der Waals surface area contributed by atoms with Crippen LogP contribution in [0.25, 0.3) is 0 Å². The molecule has 0 aromatic heterocycles. The number of halogens is 2. The van der Waals surface area contributed by atoms with Crippen LogP contribution in [-0.2, 0) is 4.74 Å². The number of ether oxygens (including phenoxy) is 1. The van der Waals surface area contributed by atoms with Gasteiger partial charge in [-0.05, 0) is 6.07 Å². The van der Waals surface area contributed by atoms with Crippen molar-refractivity contribution < 1.29 is 18.8 Å². The number of nitrogens with zero attached hydrogens (tertiary/aromatic N) is 1. The zero-order valence-corrected chi connectivity index (χ0v) is 10.8. The number of benzene rings is 1. The highest BCUT2D eigenvalue weighted by Crippen LogP contribution is 2.16. The molecule has 0 fully saturated rings. The van der Waals surface area contributed by atoms with Crippen LogP contribution >= 0.6 is 11.6 Å². The molecule has 0 saturated carbocycles. The molecule has 6 nitrogen and oxygen atoms in total. The van der Waals surface area contributed by atoms with E-state index >= 15 is 0 Å². The third-order valence-electron chi connectivity index (χ3n) is 2.19. The van der Waals surface area contributed by atoms with E-state index < -0.39 is 27.7 Å². The van der Waals surface area contributed by atoms with Gasteiger partial charge in [0.15, 0.2) is 0 Å². The van der Waals surface area contributed by atoms with Crippen molar-refractivity contribution in [2.75, 3.05) is 20.3 Å². The van der Waals surface area contributed by atoms with Gasteiger partial charge in [-0.2, -0.15) is 0 Å². The van der Waals surface area contributed by atoms with Gasteiger partial charge in [0.1, 0.15) is 5.82 Å². The van der Waals surface area contributed by atoms with Crippen molar-refractivity contribution in [1.82, 2.24) is 5.32 Å². The number of amides is 1. The molecule has 1 aromatic carbocycles. The number of nitro groups is 1. The summed E-state index contributed by atoms with van der Waals surface area (Å²) in [7, 11) is 1.47. The first-order valence-electron chi connectivity index (χ1n) is 5.30. The molecule has 0 spiro atoms. The molecule has 0 aliphatic heterocycles. The minimum Gasteiger partial charge on any atom is -0.383 e. The van der Waals surface area contributed by atoms with Crippen molar-refractivity contribution in [3.63, 3.8) is 0 Å². The number of alkyl halides is 1. The molecule has 8 heteroatoms. The Morgan fingerprint density at radius 1 is 1.58 bits per heavy atom. The zero-order chi connectivity index (χ0) is 14.4. The lowest BCUT2D eigenvalue weighted by molar-refractivity contribution is -0.385. The highest BCUT2D eigenvalue weighted by Gasteiger charge is 2.15. The Morgan fingerprint density at radius 3 is 2.84 bits per heavy atom. The fraction of sp³-hybridized carbons (Fsp3) is 0.364. The fourth-order valence-electron chi connectivity index (χ4n) is 1.36. The van der Waals surface area contributed by atoms with Crippen molar-refractivity contribution in [2.24, 2.45) is 0 Å². The molecule has 0 heterocycles. The van der Waals surface area contributed by atoms with Crippen molar-refractivity contribution in [3.8, 4) is 0 Å². The molecule has 0 saturated heterocycles. The number of carbonyl (C=O) groups excluding carboxylic acids is 1. The summed E-state index contributed by atoms with van der Waals surface area (Å²) in [6.45, 7) is 0.351. The van der Waals surface area contributed by atoms with Crippen LogP contribution in [0.1, 0.15) is 10.4 Å². The molecule has 1 rings (SSSR count). The average molecular weight is 291 g/mol. The predicted octanol–water partition coefficient (Wildman–Crippen LogP) is 1.72. The van der Waals surface area contributed by atoms with Crippen molar-refractivity contribution in [2.45, 2.75) is 5.38 Å². The molecule has 0 aliphatic rings. The van der Waals surface area contributed by atoms with Gasteiger partial charge in [0, 0.05) is 25.3 Å². The highest BCUT2D eigenvalue weighted by atomic mass is 35.5. The standard InChI is InChI=1S/C11H12ClFN2O4/c1-19-6-8(12)5-14-11(16)7-2-9(13)4-10(3-7)15(17)18/h2-4,8H,5-6H2,1H3,(H,14,16). The van der Waals surface area contributed by atoms with E-state index in [2.05, 4.69) is 5.32 Å². The SMILES string of the molecule is COCC(Cl)CNC(=O)c1cc(F)cc([N+](=O)[O-])c1. The number of carbonyl (C=O) groups is 1. The van der Waals surface area contributed by atoms with Crippen LogP contribution in [0.15, 0.2) is 18.2 Å². The number of nitrogens with one attached hydrogen (secondary N) is 1. The molecular weight excluding hydrogens is 279 g/mol. The van der Waals surface area contributed by atoms with Crippen LogP contribution in [-0.4, -0.2) is 36.5 Å². The minimum absolute atomic E-state index is 0.110. The van der Waals surface area contributed by atoms with Gasteiger partial charge in [0.05, 0.1) is 23.0 Å². The Morgan fingerprint density at radius 2 is 2.26 bits per heavy atom. The Bertz CT molecular complexity index is 484. The summed E-state index contributed by atoms with van der Waals surface area (Å²) in [6, 6.07) is 2.66. The maximum atomic E-state index is 13.1. The van der Waals surface area contributed by atoms with Crippen molar-refractivity contribution in [1.29, 1.82) is 0 Å². The van der Waals surface area contributed by atoms with Gasteiger partial charge in [-0.15, -0.1) is 11.6 Å². The summed E-state index contributed by atoms with van der Waals surface area (Å²) in [6.07, 6.45) is 0. The summed E-state index contributed by atoms with van der Waals surface area (Å²) in [5.74, 6) is -1.48. The van der Waals surface area contributed by atoms with E-state index in [4.69, 9.17) is 16.3 Å². The summed E-state index contributed by atoms with van der Waals surface area (Å²) >= 11 is 5.80. The van der Waals surface area contributed by atoms with Crippen LogP contribution in [0.4, 0.5) is 10.1 Å². The van der Waals surface area contributed by atoms with Crippen LogP contribution < -0.4 is 5.32 Å². The number of hydrogen-bond acceptors (Lipinski definition) is 4. The monoisotopic (exact) mass is 290 g/mol. The van der Waals surface area contributed by atoms with Crippen LogP contribution in [0.3, 0.4) is 0 Å². The summed E-state index contributed by atoms with van der Waals surface area (Å²) in [5.41, 5.74) is -0.613. The summed E-state index contributed by atoms with van der Waals surface area (Å²) in [4.78, 5) is 21.5. The van der Waals surface area contributed by atoms with Crippen LogP contribution in [0.2, 0.25) is 0 Å². The second-order valence-electron chi connectivity index (χ2n) is 3.72. The van der Waals surface area contributed by atoms with E-state index in [1.807, 2.05) is 0 Å². The van der Waals surface area contributed by atoms with E-state index in [1.54, 1.807) is 0 Å². The molecule has 1 amide bonds. The minimum atomic E-state index is -0.848.